The molecule has 4 rings (SSSR count). The molecule has 25 heavy (non-hydrogen) atoms. The summed E-state index contributed by atoms with van der Waals surface area (Å²) >= 11 is 7.41. The Morgan fingerprint density at radius 3 is 2.60 bits per heavy atom. The highest BCUT2D eigenvalue weighted by Gasteiger charge is 2.41. The van der Waals surface area contributed by atoms with Crippen LogP contribution < -0.4 is 15.0 Å². The second kappa shape index (κ2) is 6.82. The normalized spacial score (nSPS) is 19.7. The first-order valence-corrected chi connectivity index (χ1v) is 9.25. The van der Waals surface area contributed by atoms with Crippen molar-refractivity contribution in [3.05, 3.63) is 76.7 Å². The largest absolute Gasteiger partial charge is 0.497 e. The number of ether oxygens (including phenoxy) is 1. The molecular weight excluding hydrogens is 350 g/mol. The third-order valence-electron chi connectivity index (χ3n) is 4.28. The van der Waals surface area contributed by atoms with Crippen LogP contribution in [-0.2, 0) is 0 Å². The Morgan fingerprint density at radius 2 is 1.96 bits per heavy atom. The van der Waals surface area contributed by atoms with Crippen LogP contribution in [0, 0.1) is 0 Å². The Kier molecular flexibility index (Phi) is 4.38. The minimum atomic E-state index is 0.00875. The van der Waals surface area contributed by atoms with E-state index in [4.69, 9.17) is 17.0 Å². The average Bonchev–Trinajstić information content (AvgIpc) is 3.30. The zero-order valence-corrected chi connectivity index (χ0v) is 15.3. The molecule has 6 heteroatoms. The molecule has 0 amide bonds. The molecule has 1 aliphatic heterocycles. The van der Waals surface area contributed by atoms with E-state index in [1.165, 1.54) is 4.88 Å². The Labute approximate surface area is 156 Å². The number of thiocarbonyl (C=S) groups is 1. The van der Waals surface area contributed by atoms with Crippen LogP contribution in [0.1, 0.15) is 22.7 Å². The fourth-order valence-corrected chi connectivity index (χ4v) is 4.32. The van der Waals surface area contributed by atoms with Crippen molar-refractivity contribution < 1.29 is 4.74 Å². The van der Waals surface area contributed by atoms with Crippen LogP contribution >= 0.6 is 23.6 Å². The molecule has 0 aliphatic carbocycles. The smallest absolute Gasteiger partial charge is 0.174 e. The van der Waals surface area contributed by atoms with E-state index in [-0.39, 0.29) is 12.1 Å². The number of thiophene rings is 1. The van der Waals surface area contributed by atoms with Crippen molar-refractivity contribution in [3.63, 3.8) is 0 Å². The van der Waals surface area contributed by atoms with Gasteiger partial charge in [-0.25, -0.2) is 0 Å². The van der Waals surface area contributed by atoms with E-state index in [0.717, 1.165) is 17.1 Å². The lowest BCUT2D eigenvalue weighted by molar-refractivity contribution is 0.415. The number of nitrogens with zero attached hydrogens (tertiary/aromatic N) is 2. The molecule has 0 spiro atoms. The fraction of sp³-hybridized carbons (Fsp3) is 0.158. The van der Waals surface area contributed by atoms with Crippen molar-refractivity contribution in [2.75, 3.05) is 12.0 Å². The molecule has 0 saturated carbocycles. The second-order valence-corrected chi connectivity index (χ2v) is 7.08. The number of pyridine rings is 1. The van der Waals surface area contributed by atoms with Gasteiger partial charge in [-0.2, -0.15) is 0 Å². The van der Waals surface area contributed by atoms with Gasteiger partial charge in [-0.05, 0) is 60.1 Å². The van der Waals surface area contributed by atoms with Gasteiger partial charge >= 0.3 is 0 Å². The lowest BCUT2D eigenvalue weighted by Gasteiger charge is -2.27. The van der Waals surface area contributed by atoms with Crippen molar-refractivity contribution in [2.24, 2.45) is 0 Å². The van der Waals surface area contributed by atoms with E-state index in [2.05, 4.69) is 32.7 Å². The topological polar surface area (TPSA) is 37.4 Å². The third kappa shape index (κ3) is 2.99. The molecule has 2 atom stereocenters. The number of rotatable bonds is 4. The Balaban J connectivity index is 1.77. The molecule has 0 radical (unpaired) electrons. The van der Waals surface area contributed by atoms with Crippen LogP contribution in [0.2, 0.25) is 0 Å². The summed E-state index contributed by atoms with van der Waals surface area (Å²) in [6, 6.07) is 18.3. The van der Waals surface area contributed by atoms with E-state index in [9.17, 15) is 0 Å². The molecule has 1 N–H and O–H groups in total. The van der Waals surface area contributed by atoms with Gasteiger partial charge in [-0.3, -0.25) is 4.98 Å². The number of aromatic nitrogens is 1. The monoisotopic (exact) mass is 367 g/mol. The van der Waals surface area contributed by atoms with E-state index in [1.54, 1.807) is 18.4 Å². The molecule has 1 aromatic carbocycles. The predicted molar refractivity (Wildman–Crippen MR) is 105 cm³/mol. The third-order valence-corrected chi connectivity index (χ3v) is 5.54. The van der Waals surface area contributed by atoms with Crippen molar-refractivity contribution in [1.29, 1.82) is 0 Å². The van der Waals surface area contributed by atoms with Crippen LogP contribution in [0.15, 0.2) is 66.2 Å². The van der Waals surface area contributed by atoms with Gasteiger partial charge in [-0.1, -0.05) is 12.1 Å². The van der Waals surface area contributed by atoms with Gasteiger partial charge in [0.05, 0.1) is 24.9 Å². The summed E-state index contributed by atoms with van der Waals surface area (Å²) in [6.07, 6.45) is 1.82. The predicted octanol–water partition coefficient (Wildman–Crippen LogP) is 4.33. The standard InChI is InChI=1S/C19H17N3OS2/c1-23-14-9-7-13(8-10-14)22-18(16-6-4-12-25-16)17(21-19(22)24)15-5-2-3-11-20-15/h2-12,17-18H,1H3,(H,21,24)/t17-,18-/m1/s1. The summed E-state index contributed by atoms with van der Waals surface area (Å²) in [6.45, 7) is 0. The van der Waals surface area contributed by atoms with Crippen LogP contribution in [-0.4, -0.2) is 17.2 Å². The van der Waals surface area contributed by atoms with Crippen LogP contribution in [0.3, 0.4) is 0 Å². The van der Waals surface area contributed by atoms with E-state index >= 15 is 0 Å². The number of methoxy groups -OCH3 is 1. The Morgan fingerprint density at radius 1 is 1.12 bits per heavy atom. The molecule has 1 fully saturated rings. The van der Waals surface area contributed by atoms with Crippen molar-refractivity contribution in [3.8, 4) is 5.75 Å². The molecule has 3 heterocycles. The van der Waals surface area contributed by atoms with E-state index in [0.29, 0.717) is 5.11 Å². The van der Waals surface area contributed by atoms with Gasteiger partial charge in [-0.15, -0.1) is 11.3 Å². The summed E-state index contributed by atoms with van der Waals surface area (Å²) < 4.78 is 5.27. The highest BCUT2D eigenvalue weighted by molar-refractivity contribution is 7.80. The Hall–Kier alpha value is -2.44. The minimum absolute atomic E-state index is 0.00875. The molecule has 0 unspecified atom stereocenters. The summed E-state index contributed by atoms with van der Waals surface area (Å²) in [7, 11) is 1.67. The number of benzene rings is 1. The first kappa shape index (κ1) is 16.1. The molecule has 3 aromatic rings. The Bertz CT molecular complexity index is 850. The quantitative estimate of drug-likeness (QED) is 0.695. The molecule has 1 aliphatic rings. The van der Waals surface area contributed by atoms with Crippen LogP contribution in [0.25, 0.3) is 0 Å². The van der Waals surface area contributed by atoms with Crippen LogP contribution in [0.4, 0.5) is 5.69 Å². The lowest BCUT2D eigenvalue weighted by atomic mass is 10.0. The maximum absolute atomic E-state index is 5.67. The minimum Gasteiger partial charge on any atom is -0.497 e. The number of hydrogen-bond donors (Lipinski definition) is 1. The summed E-state index contributed by atoms with van der Waals surface area (Å²) in [4.78, 5) is 7.96. The van der Waals surface area contributed by atoms with Gasteiger partial charge < -0.3 is 15.0 Å². The average molecular weight is 367 g/mol. The molecule has 0 bridgehead atoms. The lowest BCUT2D eigenvalue weighted by Crippen LogP contribution is -2.28. The first-order chi connectivity index (χ1) is 12.3. The van der Waals surface area contributed by atoms with Crippen molar-refractivity contribution >= 4 is 34.4 Å². The van der Waals surface area contributed by atoms with Gasteiger partial charge in [0.2, 0.25) is 0 Å². The molecule has 126 valence electrons. The van der Waals surface area contributed by atoms with Crippen LogP contribution in [0.5, 0.6) is 5.75 Å². The molecular formula is C19H17N3OS2. The second-order valence-electron chi connectivity index (χ2n) is 5.71. The zero-order valence-electron chi connectivity index (χ0n) is 13.6. The molecule has 4 nitrogen and oxygen atoms in total. The summed E-state index contributed by atoms with van der Waals surface area (Å²) in [5.41, 5.74) is 2.02. The van der Waals surface area contributed by atoms with Crippen molar-refractivity contribution in [2.45, 2.75) is 12.1 Å². The van der Waals surface area contributed by atoms with Crippen molar-refractivity contribution in [1.82, 2.24) is 10.3 Å². The summed E-state index contributed by atoms with van der Waals surface area (Å²) in [5, 5.41) is 6.26. The number of anilines is 1. The maximum atomic E-state index is 5.67. The SMILES string of the molecule is COc1ccc(N2C(=S)N[C@H](c3ccccn3)[C@H]2c2cccs2)cc1. The number of hydrogen-bond acceptors (Lipinski definition) is 4. The number of nitrogens with one attached hydrogen (secondary N) is 1. The summed E-state index contributed by atoms with van der Waals surface area (Å²) in [5.74, 6) is 0.829. The van der Waals surface area contributed by atoms with Gasteiger partial charge in [0, 0.05) is 16.8 Å². The zero-order chi connectivity index (χ0) is 17.2. The van der Waals surface area contributed by atoms with Gasteiger partial charge in [0.1, 0.15) is 5.75 Å². The molecule has 2 aromatic heterocycles. The first-order valence-electron chi connectivity index (χ1n) is 7.96. The fourth-order valence-electron chi connectivity index (χ4n) is 3.12. The molecule has 1 saturated heterocycles. The van der Waals surface area contributed by atoms with E-state index < -0.39 is 0 Å². The highest BCUT2D eigenvalue weighted by Crippen LogP contribution is 2.43. The van der Waals surface area contributed by atoms with Gasteiger partial charge in [0.25, 0.3) is 0 Å². The highest BCUT2D eigenvalue weighted by atomic mass is 32.1. The van der Waals surface area contributed by atoms with E-state index in [1.807, 2.05) is 48.7 Å². The maximum Gasteiger partial charge on any atom is 0.174 e. The van der Waals surface area contributed by atoms with Gasteiger partial charge in [0.15, 0.2) is 5.11 Å².